The molecule has 1 saturated heterocycles. The van der Waals surface area contributed by atoms with E-state index in [-0.39, 0.29) is 29.4 Å². The molecular formula is C10H19NO4. The second kappa shape index (κ2) is 4.45. The van der Waals surface area contributed by atoms with Crippen molar-refractivity contribution in [2.45, 2.75) is 39.6 Å². The molecule has 0 radical (unpaired) electrons. The van der Waals surface area contributed by atoms with Crippen LogP contribution in [-0.2, 0) is 9.47 Å². The monoisotopic (exact) mass is 217 g/mol. The second-order valence-electron chi connectivity index (χ2n) is 4.79. The molecule has 1 heterocycles. The summed E-state index contributed by atoms with van der Waals surface area (Å²) >= 11 is 0. The molecule has 0 aromatic heterocycles. The maximum absolute atomic E-state index is 10.5. The van der Waals surface area contributed by atoms with Crippen LogP contribution in [0.5, 0.6) is 0 Å². The quantitative estimate of drug-likeness (QED) is 0.531. The lowest BCUT2D eigenvalue weighted by atomic mass is 9.90. The number of nitrogens with zero attached hydrogens (tertiary/aromatic N) is 1. The third-order valence-electron chi connectivity index (χ3n) is 2.72. The minimum Gasteiger partial charge on any atom is -0.348 e. The van der Waals surface area contributed by atoms with Crippen LogP contribution < -0.4 is 0 Å². The smallest absolute Gasteiger partial charge is 0.209 e. The molecule has 5 nitrogen and oxygen atoms in total. The van der Waals surface area contributed by atoms with Gasteiger partial charge in [-0.15, -0.1) is 0 Å². The maximum atomic E-state index is 10.5. The number of rotatable bonds is 4. The van der Waals surface area contributed by atoms with E-state index < -0.39 is 5.79 Å². The van der Waals surface area contributed by atoms with Gasteiger partial charge in [-0.2, -0.15) is 0 Å². The lowest BCUT2D eigenvalue weighted by molar-refractivity contribution is -0.492. The highest BCUT2D eigenvalue weighted by atomic mass is 16.7. The molecule has 0 amide bonds. The highest BCUT2D eigenvalue weighted by Gasteiger charge is 2.40. The number of hydrogen-bond acceptors (Lipinski definition) is 4. The molecule has 0 spiro atoms. The largest absolute Gasteiger partial charge is 0.348 e. The molecule has 15 heavy (non-hydrogen) atoms. The Kier molecular flexibility index (Phi) is 3.67. The van der Waals surface area contributed by atoms with Crippen molar-refractivity contribution in [2.75, 3.05) is 13.2 Å². The summed E-state index contributed by atoms with van der Waals surface area (Å²) in [5, 5.41) is 10.5. The summed E-state index contributed by atoms with van der Waals surface area (Å²) in [6.07, 6.45) is -0.162. The van der Waals surface area contributed by atoms with Crippen LogP contribution in [-0.4, -0.2) is 30.0 Å². The Labute approximate surface area is 89.9 Å². The summed E-state index contributed by atoms with van der Waals surface area (Å²) < 4.78 is 11.1. The van der Waals surface area contributed by atoms with Crippen molar-refractivity contribution in [1.29, 1.82) is 0 Å². The van der Waals surface area contributed by atoms with Crippen LogP contribution in [0.1, 0.15) is 27.7 Å². The summed E-state index contributed by atoms with van der Waals surface area (Å²) in [5.74, 6) is -0.464. The minimum atomic E-state index is -0.603. The van der Waals surface area contributed by atoms with Gasteiger partial charge in [-0.3, -0.25) is 10.1 Å². The SMILES string of the molecule is CC(C)[C@H](C[N+](=O)[O-])[C@H]1COC(C)(C)O1. The topological polar surface area (TPSA) is 61.6 Å². The van der Waals surface area contributed by atoms with E-state index in [9.17, 15) is 10.1 Å². The van der Waals surface area contributed by atoms with Gasteiger partial charge in [-0.25, -0.2) is 0 Å². The summed E-state index contributed by atoms with van der Waals surface area (Å²) in [5.41, 5.74) is 0. The van der Waals surface area contributed by atoms with Crippen molar-refractivity contribution in [3.8, 4) is 0 Å². The second-order valence-corrected chi connectivity index (χ2v) is 4.79. The van der Waals surface area contributed by atoms with Crippen LogP contribution in [0.4, 0.5) is 0 Å². The first-order chi connectivity index (χ1) is 6.82. The zero-order valence-electron chi connectivity index (χ0n) is 9.73. The molecule has 0 bridgehead atoms. The van der Waals surface area contributed by atoms with Gasteiger partial charge in [0.15, 0.2) is 5.79 Å². The zero-order valence-corrected chi connectivity index (χ0v) is 9.73. The van der Waals surface area contributed by atoms with Gasteiger partial charge in [0.25, 0.3) is 0 Å². The molecule has 0 N–H and O–H groups in total. The summed E-state index contributed by atoms with van der Waals surface area (Å²) in [6.45, 7) is 8.00. The maximum Gasteiger partial charge on any atom is 0.209 e. The van der Waals surface area contributed by atoms with Gasteiger partial charge < -0.3 is 9.47 Å². The summed E-state index contributed by atoms with van der Waals surface area (Å²) in [6, 6.07) is 0. The normalized spacial score (nSPS) is 26.9. The first-order valence-corrected chi connectivity index (χ1v) is 5.25. The van der Waals surface area contributed by atoms with Crippen molar-refractivity contribution in [3.63, 3.8) is 0 Å². The Morgan fingerprint density at radius 2 is 2.13 bits per heavy atom. The molecule has 1 fully saturated rings. The van der Waals surface area contributed by atoms with E-state index in [0.29, 0.717) is 6.61 Å². The molecule has 1 rings (SSSR count). The Morgan fingerprint density at radius 3 is 2.47 bits per heavy atom. The molecular weight excluding hydrogens is 198 g/mol. The summed E-state index contributed by atoms with van der Waals surface area (Å²) in [4.78, 5) is 10.3. The number of hydrogen-bond donors (Lipinski definition) is 0. The van der Waals surface area contributed by atoms with Crippen LogP contribution in [0, 0.1) is 22.0 Å². The third kappa shape index (κ3) is 3.43. The van der Waals surface area contributed by atoms with Gasteiger partial charge >= 0.3 is 0 Å². The van der Waals surface area contributed by atoms with Gasteiger partial charge in [0.2, 0.25) is 6.54 Å². The van der Waals surface area contributed by atoms with Crippen molar-refractivity contribution >= 4 is 0 Å². The molecule has 2 atom stereocenters. The van der Waals surface area contributed by atoms with Crippen LogP contribution in [0.15, 0.2) is 0 Å². The van der Waals surface area contributed by atoms with Crippen molar-refractivity contribution in [3.05, 3.63) is 10.1 Å². The van der Waals surface area contributed by atoms with Gasteiger partial charge in [0, 0.05) is 4.92 Å². The predicted molar refractivity (Wildman–Crippen MR) is 55.1 cm³/mol. The Hall–Kier alpha value is -0.680. The Balaban J connectivity index is 2.62. The highest BCUT2D eigenvalue weighted by Crippen LogP contribution is 2.30. The van der Waals surface area contributed by atoms with Gasteiger partial charge in [0.05, 0.1) is 18.6 Å². The molecule has 0 aromatic carbocycles. The lowest BCUT2D eigenvalue weighted by Crippen LogP contribution is -2.34. The van der Waals surface area contributed by atoms with Gasteiger partial charge in [-0.1, -0.05) is 13.8 Å². The molecule has 88 valence electrons. The first kappa shape index (κ1) is 12.4. The third-order valence-corrected chi connectivity index (χ3v) is 2.72. The molecule has 1 aliphatic heterocycles. The van der Waals surface area contributed by atoms with E-state index in [0.717, 1.165) is 0 Å². The number of nitro groups is 1. The van der Waals surface area contributed by atoms with Gasteiger partial charge in [0.1, 0.15) is 0 Å². The van der Waals surface area contributed by atoms with Crippen molar-refractivity contribution < 1.29 is 14.4 Å². The van der Waals surface area contributed by atoms with E-state index in [1.54, 1.807) is 0 Å². The minimum absolute atomic E-state index is 0.0538. The van der Waals surface area contributed by atoms with Gasteiger partial charge in [-0.05, 0) is 19.8 Å². The molecule has 1 aliphatic rings. The van der Waals surface area contributed by atoms with Crippen LogP contribution >= 0.6 is 0 Å². The lowest BCUT2D eigenvalue weighted by Gasteiger charge is -2.24. The highest BCUT2D eigenvalue weighted by molar-refractivity contribution is 4.79. The standard InChI is InChI=1S/C10H19NO4/c1-7(2)8(5-11(12)13)9-6-14-10(3,4)15-9/h7-9H,5-6H2,1-4H3/t8-,9+/m0/s1. The van der Waals surface area contributed by atoms with Crippen LogP contribution in [0.2, 0.25) is 0 Å². The van der Waals surface area contributed by atoms with Crippen LogP contribution in [0.25, 0.3) is 0 Å². The van der Waals surface area contributed by atoms with E-state index in [4.69, 9.17) is 9.47 Å². The molecule has 0 unspecified atom stereocenters. The molecule has 0 aliphatic carbocycles. The predicted octanol–water partition coefficient (Wildman–Crippen LogP) is 1.69. The molecule has 0 aromatic rings. The fourth-order valence-corrected chi connectivity index (χ4v) is 1.86. The van der Waals surface area contributed by atoms with Crippen molar-refractivity contribution in [1.82, 2.24) is 0 Å². The fourth-order valence-electron chi connectivity index (χ4n) is 1.86. The van der Waals surface area contributed by atoms with E-state index in [1.165, 1.54) is 0 Å². The van der Waals surface area contributed by atoms with Crippen LogP contribution in [0.3, 0.4) is 0 Å². The van der Waals surface area contributed by atoms with E-state index in [2.05, 4.69) is 0 Å². The zero-order chi connectivity index (χ0) is 11.6. The summed E-state index contributed by atoms with van der Waals surface area (Å²) in [7, 11) is 0. The Bertz CT molecular complexity index is 240. The first-order valence-electron chi connectivity index (χ1n) is 5.25. The molecule has 0 saturated carbocycles. The van der Waals surface area contributed by atoms with E-state index >= 15 is 0 Å². The van der Waals surface area contributed by atoms with Crippen molar-refractivity contribution in [2.24, 2.45) is 11.8 Å². The fraction of sp³-hybridized carbons (Fsp3) is 1.00. The average Bonchev–Trinajstić information content (AvgIpc) is 2.41. The molecule has 5 heteroatoms. The van der Waals surface area contributed by atoms with E-state index in [1.807, 2.05) is 27.7 Å². The number of ether oxygens (including phenoxy) is 2. The average molecular weight is 217 g/mol. The Morgan fingerprint density at radius 1 is 1.53 bits per heavy atom.